The quantitative estimate of drug-likeness (QED) is 0.575. The van der Waals surface area contributed by atoms with Crippen molar-refractivity contribution in [3.05, 3.63) is 0 Å². The lowest BCUT2D eigenvalue weighted by atomic mass is 10.1. The van der Waals surface area contributed by atoms with Crippen LogP contribution in [-0.2, 0) is 0 Å². The molecule has 1 atom stereocenters. The Morgan fingerprint density at radius 3 is 2.42 bits per heavy atom. The molecule has 2 nitrogen and oxygen atoms in total. The van der Waals surface area contributed by atoms with E-state index >= 15 is 0 Å². The maximum absolute atomic E-state index is 9.46. The van der Waals surface area contributed by atoms with Gasteiger partial charge in [0.25, 0.3) is 0 Å². The number of rotatable bonds is 7. The van der Waals surface area contributed by atoms with Gasteiger partial charge in [-0.1, -0.05) is 20.8 Å². The smallest absolute Gasteiger partial charge is 0.0664 e. The number of hydrogen-bond donors (Lipinski definition) is 2. The highest BCUT2D eigenvalue weighted by molar-refractivity contribution is 4.60. The van der Waals surface area contributed by atoms with E-state index in [0.717, 1.165) is 32.4 Å². The standard InChI is InChI=1S/C10H23NO/c1-4-7-11-8-10(12)6-5-9(2)3/h9-12H,4-8H2,1-3H3. The van der Waals surface area contributed by atoms with E-state index in [4.69, 9.17) is 0 Å². The van der Waals surface area contributed by atoms with Gasteiger partial charge in [-0.3, -0.25) is 0 Å². The first-order valence-electron chi connectivity index (χ1n) is 5.05. The Bertz CT molecular complexity index is 93.8. The molecule has 0 spiro atoms. The summed E-state index contributed by atoms with van der Waals surface area (Å²) in [6, 6.07) is 0. The monoisotopic (exact) mass is 173 g/mol. The van der Waals surface area contributed by atoms with Gasteiger partial charge in [-0.15, -0.1) is 0 Å². The van der Waals surface area contributed by atoms with Crippen LogP contribution in [0.15, 0.2) is 0 Å². The van der Waals surface area contributed by atoms with E-state index in [9.17, 15) is 5.11 Å². The van der Waals surface area contributed by atoms with E-state index in [1.165, 1.54) is 0 Å². The molecule has 12 heavy (non-hydrogen) atoms. The van der Waals surface area contributed by atoms with Crippen molar-refractivity contribution in [3.8, 4) is 0 Å². The van der Waals surface area contributed by atoms with Crippen molar-refractivity contribution in [1.82, 2.24) is 5.32 Å². The van der Waals surface area contributed by atoms with Gasteiger partial charge in [0, 0.05) is 6.54 Å². The Morgan fingerprint density at radius 1 is 1.25 bits per heavy atom. The van der Waals surface area contributed by atoms with Crippen LogP contribution in [0.2, 0.25) is 0 Å². The molecule has 1 unspecified atom stereocenters. The Morgan fingerprint density at radius 2 is 1.92 bits per heavy atom. The number of aliphatic hydroxyl groups excluding tert-OH is 1. The summed E-state index contributed by atoms with van der Waals surface area (Å²) in [5.74, 6) is 0.700. The number of nitrogens with one attached hydrogen (secondary N) is 1. The predicted octanol–water partition coefficient (Wildman–Crippen LogP) is 1.78. The van der Waals surface area contributed by atoms with Gasteiger partial charge in [-0.05, 0) is 31.7 Å². The molecule has 0 bridgehead atoms. The van der Waals surface area contributed by atoms with Gasteiger partial charge in [0.05, 0.1) is 6.10 Å². The Balaban J connectivity index is 3.15. The maximum atomic E-state index is 9.46. The molecule has 0 heterocycles. The number of aliphatic hydroxyl groups is 1. The maximum Gasteiger partial charge on any atom is 0.0664 e. The zero-order valence-electron chi connectivity index (χ0n) is 8.64. The molecule has 0 saturated carbocycles. The Kier molecular flexibility index (Phi) is 7.51. The number of hydrogen-bond acceptors (Lipinski definition) is 2. The summed E-state index contributed by atoms with van der Waals surface area (Å²) < 4.78 is 0. The average Bonchev–Trinajstić information content (AvgIpc) is 2.01. The van der Waals surface area contributed by atoms with Crippen molar-refractivity contribution in [1.29, 1.82) is 0 Å². The van der Waals surface area contributed by atoms with E-state index in [2.05, 4.69) is 26.1 Å². The van der Waals surface area contributed by atoms with Gasteiger partial charge in [-0.25, -0.2) is 0 Å². The van der Waals surface area contributed by atoms with E-state index < -0.39 is 0 Å². The summed E-state index contributed by atoms with van der Waals surface area (Å²) in [7, 11) is 0. The highest BCUT2D eigenvalue weighted by Crippen LogP contribution is 2.05. The minimum atomic E-state index is -0.154. The van der Waals surface area contributed by atoms with E-state index in [0.29, 0.717) is 5.92 Å². The fraction of sp³-hybridized carbons (Fsp3) is 1.00. The summed E-state index contributed by atoms with van der Waals surface area (Å²) >= 11 is 0. The second kappa shape index (κ2) is 7.56. The molecular formula is C10H23NO. The second-order valence-corrected chi connectivity index (χ2v) is 3.83. The first-order valence-corrected chi connectivity index (χ1v) is 5.05. The molecule has 0 aliphatic rings. The van der Waals surface area contributed by atoms with E-state index in [1.807, 2.05) is 0 Å². The third-order valence-electron chi connectivity index (χ3n) is 1.88. The third-order valence-corrected chi connectivity index (χ3v) is 1.88. The van der Waals surface area contributed by atoms with Crippen molar-refractivity contribution in [2.75, 3.05) is 13.1 Å². The molecular weight excluding hydrogens is 150 g/mol. The molecule has 0 aromatic rings. The lowest BCUT2D eigenvalue weighted by Gasteiger charge is -2.12. The molecule has 0 aromatic carbocycles. The normalized spacial score (nSPS) is 13.8. The fourth-order valence-corrected chi connectivity index (χ4v) is 1.07. The van der Waals surface area contributed by atoms with Crippen LogP contribution in [0.25, 0.3) is 0 Å². The van der Waals surface area contributed by atoms with Crippen LogP contribution < -0.4 is 5.32 Å². The Labute approximate surface area is 76.4 Å². The van der Waals surface area contributed by atoms with Gasteiger partial charge < -0.3 is 10.4 Å². The highest BCUT2D eigenvalue weighted by Gasteiger charge is 2.03. The summed E-state index contributed by atoms with van der Waals surface area (Å²) in [5.41, 5.74) is 0. The van der Waals surface area contributed by atoms with Crippen LogP contribution in [0.3, 0.4) is 0 Å². The molecule has 0 fully saturated rings. The van der Waals surface area contributed by atoms with Gasteiger partial charge in [-0.2, -0.15) is 0 Å². The van der Waals surface area contributed by atoms with Crippen LogP contribution >= 0.6 is 0 Å². The van der Waals surface area contributed by atoms with Crippen molar-refractivity contribution in [2.24, 2.45) is 5.92 Å². The van der Waals surface area contributed by atoms with E-state index in [1.54, 1.807) is 0 Å². The second-order valence-electron chi connectivity index (χ2n) is 3.83. The van der Waals surface area contributed by atoms with E-state index in [-0.39, 0.29) is 6.10 Å². The highest BCUT2D eigenvalue weighted by atomic mass is 16.3. The summed E-state index contributed by atoms with van der Waals surface area (Å²) in [5, 5.41) is 12.7. The molecule has 0 saturated heterocycles. The minimum Gasteiger partial charge on any atom is -0.392 e. The lowest BCUT2D eigenvalue weighted by molar-refractivity contribution is 0.154. The first-order chi connectivity index (χ1) is 5.66. The first kappa shape index (κ1) is 11.9. The van der Waals surface area contributed by atoms with Crippen LogP contribution in [-0.4, -0.2) is 24.3 Å². The summed E-state index contributed by atoms with van der Waals surface area (Å²) in [6.07, 6.45) is 3.03. The van der Waals surface area contributed by atoms with Gasteiger partial charge in [0.2, 0.25) is 0 Å². The molecule has 2 heteroatoms. The van der Waals surface area contributed by atoms with Crippen LogP contribution in [0.4, 0.5) is 0 Å². The van der Waals surface area contributed by atoms with Crippen LogP contribution in [0.1, 0.15) is 40.0 Å². The molecule has 0 aliphatic heterocycles. The zero-order valence-corrected chi connectivity index (χ0v) is 8.64. The van der Waals surface area contributed by atoms with Crippen molar-refractivity contribution in [3.63, 3.8) is 0 Å². The molecule has 74 valence electrons. The summed E-state index contributed by atoms with van der Waals surface area (Å²) in [4.78, 5) is 0. The van der Waals surface area contributed by atoms with Crippen molar-refractivity contribution in [2.45, 2.75) is 46.1 Å². The van der Waals surface area contributed by atoms with Gasteiger partial charge in [0.15, 0.2) is 0 Å². The van der Waals surface area contributed by atoms with Crippen LogP contribution in [0.5, 0.6) is 0 Å². The average molecular weight is 173 g/mol. The molecule has 0 rings (SSSR count). The molecule has 2 N–H and O–H groups in total. The third kappa shape index (κ3) is 8.02. The van der Waals surface area contributed by atoms with Crippen molar-refractivity contribution >= 4 is 0 Å². The Hall–Kier alpha value is -0.0800. The van der Waals surface area contributed by atoms with Gasteiger partial charge >= 0.3 is 0 Å². The summed E-state index contributed by atoms with van der Waals surface area (Å²) in [6.45, 7) is 8.27. The molecule has 0 aliphatic carbocycles. The molecule has 0 amide bonds. The fourth-order valence-electron chi connectivity index (χ4n) is 1.07. The van der Waals surface area contributed by atoms with Gasteiger partial charge in [0.1, 0.15) is 0 Å². The minimum absolute atomic E-state index is 0.154. The topological polar surface area (TPSA) is 32.3 Å². The van der Waals surface area contributed by atoms with Crippen LogP contribution in [0, 0.1) is 5.92 Å². The molecule has 0 aromatic heterocycles. The zero-order chi connectivity index (χ0) is 9.40. The lowest BCUT2D eigenvalue weighted by Crippen LogP contribution is -2.27. The molecule has 0 radical (unpaired) electrons. The van der Waals surface area contributed by atoms with Crippen molar-refractivity contribution < 1.29 is 5.11 Å². The largest absolute Gasteiger partial charge is 0.392 e. The predicted molar refractivity (Wildman–Crippen MR) is 53.2 cm³/mol. The SMILES string of the molecule is CCCNCC(O)CCC(C)C.